The van der Waals surface area contributed by atoms with Gasteiger partial charge in [-0.05, 0) is 44.4 Å². The first-order valence-corrected chi connectivity index (χ1v) is 8.95. The maximum Gasteiger partial charge on any atom is 0.410 e. The summed E-state index contributed by atoms with van der Waals surface area (Å²) in [4.78, 5) is 27.8. The molecule has 2 fully saturated rings. The number of carbonyl (C=O) groups is 2. The van der Waals surface area contributed by atoms with Gasteiger partial charge in [-0.1, -0.05) is 6.07 Å². The summed E-state index contributed by atoms with van der Waals surface area (Å²) in [7, 11) is 0. The summed E-state index contributed by atoms with van der Waals surface area (Å²) in [6, 6.07) is 3.72. The fraction of sp³-hybridized carbons (Fsp3) is 0.579. The third-order valence-corrected chi connectivity index (χ3v) is 5.18. The van der Waals surface area contributed by atoms with Crippen LogP contribution in [-0.2, 0) is 16.1 Å². The molecule has 2 saturated heterocycles. The van der Waals surface area contributed by atoms with Gasteiger partial charge < -0.3 is 14.5 Å². The number of hydrogen-bond donors (Lipinski definition) is 0. The zero-order valence-corrected chi connectivity index (χ0v) is 15.1. The van der Waals surface area contributed by atoms with Crippen molar-refractivity contribution in [1.82, 2.24) is 9.80 Å². The van der Waals surface area contributed by atoms with Crippen molar-refractivity contribution in [2.45, 2.75) is 45.8 Å². The van der Waals surface area contributed by atoms with Crippen molar-refractivity contribution < 1.29 is 23.1 Å². The zero-order chi connectivity index (χ0) is 18.9. The van der Waals surface area contributed by atoms with Gasteiger partial charge in [-0.3, -0.25) is 4.79 Å². The highest BCUT2D eigenvalue weighted by Gasteiger charge is 2.45. The van der Waals surface area contributed by atoms with E-state index in [2.05, 4.69) is 0 Å². The van der Waals surface area contributed by atoms with Crippen LogP contribution in [0.4, 0.5) is 13.6 Å². The van der Waals surface area contributed by atoms with Gasteiger partial charge in [0, 0.05) is 38.0 Å². The van der Waals surface area contributed by atoms with Crippen LogP contribution < -0.4 is 0 Å². The van der Waals surface area contributed by atoms with Crippen LogP contribution >= 0.6 is 0 Å². The molecular weight excluding hydrogens is 342 g/mol. The van der Waals surface area contributed by atoms with Crippen LogP contribution in [0.3, 0.4) is 0 Å². The van der Waals surface area contributed by atoms with Crippen molar-refractivity contribution in [1.29, 1.82) is 0 Å². The van der Waals surface area contributed by atoms with Crippen molar-refractivity contribution in [3.63, 3.8) is 0 Å². The molecule has 1 aromatic carbocycles. The largest absolute Gasteiger partial charge is 0.447 e. The first-order chi connectivity index (χ1) is 12.3. The van der Waals surface area contributed by atoms with Gasteiger partial charge in [-0.25, -0.2) is 13.6 Å². The minimum Gasteiger partial charge on any atom is -0.447 e. The molecule has 0 N–H and O–H groups in total. The number of hydrogen-bond acceptors (Lipinski definition) is 3. The summed E-state index contributed by atoms with van der Waals surface area (Å²) in [5.41, 5.74) is 0.428. The molecule has 1 spiro atoms. The number of amides is 2. The number of carbonyl (C=O) groups excluding carboxylic acids is 2. The lowest BCUT2D eigenvalue weighted by Crippen LogP contribution is -2.44. The molecule has 0 unspecified atom stereocenters. The Morgan fingerprint density at radius 3 is 2.54 bits per heavy atom. The van der Waals surface area contributed by atoms with Gasteiger partial charge in [0.1, 0.15) is 0 Å². The minimum atomic E-state index is -0.902. The van der Waals surface area contributed by atoms with Crippen LogP contribution in [0, 0.1) is 17.0 Å². The van der Waals surface area contributed by atoms with E-state index in [9.17, 15) is 18.4 Å². The Labute approximate surface area is 151 Å². The molecule has 2 heterocycles. The van der Waals surface area contributed by atoms with E-state index in [1.165, 1.54) is 6.07 Å². The molecule has 1 aromatic rings. The molecule has 2 aliphatic rings. The Morgan fingerprint density at radius 1 is 1.23 bits per heavy atom. The molecule has 7 heteroatoms. The molecule has 0 bridgehead atoms. The third-order valence-electron chi connectivity index (χ3n) is 5.18. The van der Waals surface area contributed by atoms with Crippen molar-refractivity contribution in [3.8, 4) is 0 Å². The Morgan fingerprint density at radius 2 is 1.92 bits per heavy atom. The van der Waals surface area contributed by atoms with Crippen molar-refractivity contribution >= 4 is 12.0 Å². The van der Waals surface area contributed by atoms with Crippen LogP contribution in [0.25, 0.3) is 0 Å². The fourth-order valence-electron chi connectivity index (χ4n) is 3.76. The molecule has 2 amide bonds. The SMILES string of the molecule is CC(C)OC(=O)N1CCC2(CC1)CC(=O)N(Cc1ccc(F)c(F)c1)C2. The second-order valence-corrected chi connectivity index (χ2v) is 7.59. The maximum absolute atomic E-state index is 13.4. The lowest BCUT2D eigenvalue weighted by atomic mass is 9.78. The molecule has 5 nitrogen and oxygen atoms in total. The molecule has 0 aromatic heterocycles. The van der Waals surface area contributed by atoms with Gasteiger partial charge in [-0.2, -0.15) is 0 Å². The number of nitrogens with zero attached hydrogens (tertiary/aromatic N) is 2. The normalized spacial score (nSPS) is 19.5. The van der Waals surface area contributed by atoms with Gasteiger partial charge in [0.25, 0.3) is 0 Å². The van der Waals surface area contributed by atoms with Crippen molar-refractivity contribution in [3.05, 3.63) is 35.4 Å². The monoisotopic (exact) mass is 366 g/mol. The highest BCUT2D eigenvalue weighted by atomic mass is 19.2. The van der Waals surface area contributed by atoms with E-state index in [-0.39, 0.29) is 30.1 Å². The predicted molar refractivity (Wildman–Crippen MR) is 91.2 cm³/mol. The summed E-state index contributed by atoms with van der Waals surface area (Å²) < 4.78 is 31.7. The number of likely N-dealkylation sites (tertiary alicyclic amines) is 2. The highest BCUT2D eigenvalue weighted by molar-refractivity contribution is 5.79. The Bertz CT molecular complexity index is 700. The summed E-state index contributed by atoms with van der Waals surface area (Å²) in [6.07, 6.45) is 1.44. The van der Waals surface area contributed by atoms with Gasteiger partial charge >= 0.3 is 6.09 Å². The molecule has 2 aliphatic heterocycles. The standard InChI is InChI=1S/C19H24F2N2O3/c1-13(2)26-18(25)22-7-5-19(6-8-22)10-17(24)23(12-19)11-14-3-4-15(20)16(21)9-14/h3-4,9,13H,5-8,10-12H2,1-2H3. The predicted octanol–water partition coefficient (Wildman–Crippen LogP) is 3.32. The molecule has 0 atom stereocenters. The molecule has 26 heavy (non-hydrogen) atoms. The molecule has 0 radical (unpaired) electrons. The van der Waals surface area contributed by atoms with Gasteiger partial charge in [0.05, 0.1) is 6.10 Å². The van der Waals surface area contributed by atoms with Crippen LogP contribution in [0.15, 0.2) is 18.2 Å². The number of benzene rings is 1. The van der Waals surface area contributed by atoms with Crippen LogP contribution in [0.1, 0.15) is 38.7 Å². The third kappa shape index (κ3) is 3.97. The van der Waals surface area contributed by atoms with E-state index < -0.39 is 11.6 Å². The number of rotatable bonds is 3. The Hall–Kier alpha value is -2.18. The average Bonchev–Trinajstić information content (AvgIpc) is 2.86. The first kappa shape index (κ1) is 18.6. The minimum absolute atomic E-state index is 0.0212. The molecule has 142 valence electrons. The molecule has 0 saturated carbocycles. The van der Waals surface area contributed by atoms with Gasteiger partial charge in [0.2, 0.25) is 5.91 Å². The lowest BCUT2D eigenvalue weighted by Gasteiger charge is -2.38. The second kappa shape index (κ2) is 7.21. The van der Waals surface area contributed by atoms with E-state index in [0.717, 1.165) is 25.0 Å². The van der Waals surface area contributed by atoms with Crippen molar-refractivity contribution in [2.24, 2.45) is 5.41 Å². The quantitative estimate of drug-likeness (QED) is 0.825. The topological polar surface area (TPSA) is 49.9 Å². The number of halogens is 2. The van der Waals surface area contributed by atoms with E-state index in [0.29, 0.717) is 31.6 Å². The van der Waals surface area contributed by atoms with Crippen molar-refractivity contribution in [2.75, 3.05) is 19.6 Å². The molecule has 3 rings (SSSR count). The molecular formula is C19H24F2N2O3. The summed E-state index contributed by atoms with van der Waals surface area (Å²) >= 11 is 0. The van der Waals surface area contributed by atoms with Crippen LogP contribution in [0.5, 0.6) is 0 Å². The van der Waals surface area contributed by atoms with E-state index >= 15 is 0 Å². The highest BCUT2D eigenvalue weighted by Crippen LogP contribution is 2.41. The molecule has 0 aliphatic carbocycles. The summed E-state index contributed by atoms with van der Waals surface area (Å²) in [6.45, 7) is 5.62. The van der Waals surface area contributed by atoms with Gasteiger partial charge in [-0.15, -0.1) is 0 Å². The average molecular weight is 366 g/mol. The van der Waals surface area contributed by atoms with Crippen LogP contribution in [0.2, 0.25) is 0 Å². The zero-order valence-electron chi connectivity index (χ0n) is 15.1. The number of piperidine rings is 1. The van der Waals surface area contributed by atoms with Gasteiger partial charge in [0.15, 0.2) is 11.6 Å². The summed E-state index contributed by atoms with van der Waals surface area (Å²) in [5.74, 6) is -1.77. The van der Waals surface area contributed by atoms with E-state index in [1.807, 2.05) is 13.8 Å². The second-order valence-electron chi connectivity index (χ2n) is 7.59. The Balaban J connectivity index is 1.59. The lowest BCUT2D eigenvalue weighted by molar-refractivity contribution is -0.128. The first-order valence-electron chi connectivity index (χ1n) is 8.95. The van der Waals surface area contributed by atoms with Crippen LogP contribution in [-0.4, -0.2) is 47.5 Å². The smallest absolute Gasteiger partial charge is 0.410 e. The fourth-order valence-corrected chi connectivity index (χ4v) is 3.76. The van der Waals surface area contributed by atoms with E-state index in [4.69, 9.17) is 4.74 Å². The number of ether oxygens (including phenoxy) is 1. The maximum atomic E-state index is 13.4. The summed E-state index contributed by atoms with van der Waals surface area (Å²) in [5, 5.41) is 0. The Kier molecular flexibility index (Phi) is 5.16. The van der Waals surface area contributed by atoms with E-state index in [1.54, 1.807) is 9.80 Å².